The maximum Gasteiger partial charge on any atom is 0.231 e. The summed E-state index contributed by atoms with van der Waals surface area (Å²) in [6.45, 7) is 0.256. The van der Waals surface area contributed by atoms with Gasteiger partial charge in [-0.2, -0.15) is 0 Å². The Kier molecular flexibility index (Phi) is 4.98. The van der Waals surface area contributed by atoms with Gasteiger partial charge in [0.2, 0.25) is 6.79 Å². The topological polar surface area (TPSA) is 51.6 Å². The number of nitrogens with one attached hydrogen (secondary N) is 1. The summed E-state index contributed by atoms with van der Waals surface area (Å²) in [4.78, 5) is 6.89. The van der Waals surface area contributed by atoms with Gasteiger partial charge in [0, 0.05) is 35.9 Å². The van der Waals surface area contributed by atoms with Gasteiger partial charge in [-0.1, -0.05) is 25.3 Å². The fourth-order valence-electron chi connectivity index (χ4n) is 5.32. The van der Waals surface area contributed by atoms with E-state index in [4.69, 9.17) is 21.7 Å². The number of hydrogen-bond donors (Lipinski definition) is 1. The maximum atomic E-state index is 5.88. The molecule has 0 amide bonds. The second-order valence-electron chi connectivity index (χ2n) is 8.67. The number of pyridine rings is 1. The minimum absolute atomic E-state index is 0.0188. The monoisotopic (exact) mass is 446 g/mol. The number of hydrogen-bond acceptors (Lipinski definition) is 4. The van der Waals surface area contributed by atoms with Crippen LogP contribution in [0.5, 0.6) is 11.5 Å². The van der Waals surface area contributed by atoms with E-state index in [-0.39, 0.29) is 18.9 Å². The molecule has 2 atom stereocenters. The summed E-state index contributed by atoms with van der Waals surface area (Å²) in [6.07, 6.45) is 10.5. The molecule has 1 aliphatic carbocycles. The van der Waals surface area contributed by atoms with Gasteiger partial charge in [0.1, 0.15) is 6.04 Å². The van der Waals surface area contributed by atoms with Crippen LogP contribution in [-0.2, 0) is 0 Å². The fraction of sp³-hybridized carbons (Fsp3) is 0.360. The standard InChI is InChI=1S/C25H26N4O2S/c32-25-27-23(19-9-4-5-13-26-19)24(20-10-6-14-28(20)17-7-2-1-3-8-17)29(25)18-11-12-21-22(15-18)31-16-30-21/h4-6,9-15,17,23-24H,1-3,7-8,16H2,(H,27,32)/t23-,24+/m1/s1. The van der Waals surface area contributed by atoms with E-state index in [1.54, 1.807) is 0 Å². The molecule has 164 valence electrons. The first-order valence-corrected chi connectivity index (χ1v) is 11.8. The van der Waals surface area contributed by atoms with Gasteiger partial charge >= 0.3 is 0 Å². The van der Waals surface area contributed by atoms with Crippen LogP contribution in [0.15, 0.2) is 60.9 Å². The second kappa shape index (κ2) is 8.13. The van der Waals surface area contributed by atoms with Crippen LogP contribution < -0.4 is 19.7 Å². The summed E-state index contributed by atoms with van der Waals surface area (Å²) in [5.74, 6) is 1.53. The fourth-order valence-corrected chi connectivity index (χ4v) is 5.66. The van der Waals surface area contributed by atoms with Crippen LogP contribution in [0.4, 0.5) is 5.69 Å². The van der Waals surface area contributed by atoms with Crippen LogP contribution in [-0.4, -0.2) is 21.5 Å². The van der Waals surface area contributed by atoms with E-state index in [1.807, 2.05) is 30.5 Å². The molecule has 4 heterocycles. The van der Waals surface area contributed by atoms with Crippen molar-refractivity contribution >= 4 is 23.0 Å². The second-order valence-corrected chi connectivity index (χ2v) is 9.05. The molecular formula is C25H26N4O2S. The predicted molar refractivity (Wildman–Crippen MR) is 127 cm³/mol. The lowest BCUT2D eigenvalue weighted by Gasteiger charge is -2.32. The van der Waals surface area contributed by atoms with Crippen molar-refractivity contribution in [3.63, 3.8) is 0 Å². The van der Waals surface area contributed by atoms with Crippen molar-refractivity contribution in [1.29, 1.82) is 0 Å². The number of anilines is 1. The first kappa shape index (κ1) is 19.6. The van der Waals surface area contributed by atoms with E-state index in [0.717, 1.165) is 22.9 Å². The number of rotatable bonds is 4. The molecule has 3 aliphatic rings. The van der Waals surface area contributed by atoms with E-state index in [9.17, 15) is 0 Å². The van der Waals surface area contributed by atoms with Crippen molar-refractivity contribution in [2.24, 2.45) is 0 Å². The molecule has 32 heavy (non-hydrogen) atoms. The highest BCUT2D eigenvalue weighted by Gasteiger charge is 2.43. The minimum Gasteiger partial charge on any atom is -0.454 e. The zero-order chi connectivity index (χ0) is 21.5. The molecule has 0 bridgehead atoms. The first-order valence-electron chi connectivity index (χ1n) is 11.4. The first-order chi connectivity index (χ1) is 15.8. The summed E-state index contributed by atoms with van der Waals surface area (Å²) in [5.41, 5.74) is 3.24. The van der Waals surface area contributed by atoms with Crippen LogP contribution in [0.1, 0.15) is 61.6 Å². The van der Waals surface area contributed by atoms with Gasteiger partial charge in [-0.15, -0.1) is 0 Å². The summed E-state index contributed by atoms with van der Waals surface area (Å²) in [6, 6.07) is 17.0. The highest BCUT2D eigenvalue weighted by atomic mass is 32.1. The van der Waals surface area contributed by atoms with Gasteiger partial charge < -0.3 is 24.3 Å². The van der Waals surface area contributed by atoms with Crippen molar-refractivity contribution in [2.45, 2.75) is 50.2 Å². The summed E-state index contributed by atoms with van der Waals surface area (Å²) >= 11 is 5.88. The zero-order valence-electron chi connectivity index (χ0n) is 17.8. The van der Waals surface area contributed by atoms with Gasteiger partial charge in [-0.05, 0) is 61.5 Å². The van der Waals surface area contributed by atoms with Gasteiger partial charge in [0.05, 0.1) is 11.7 Å². The summed E-state index contributed by atoms with van der Waals surface area (Å²) in [7, 11) is 0. The minimum atomic E-state index is -0.0497. The largest absolute Gasteiger partial charge is 0.454 e. The molecule has 1 saturated carbocycles. The van der Waals surface area contributed by atoms with Crippen molar-refractivity contribution in [2.75, 3.05) is 11.7 Å². The average molecular weight is 447 g/mol. The normalized spacial score (nSPS) is 22.9. The Labute approximate surface area is 193 Å². The maximum absolute atomic E-state index is 5.88. The van der Waals surface area contributed by atoms with E-state index >= 15 is 0 Å². The SMILES string of the molecule is S=C1N[C@H](c2ccccn2)[C@H](c2cccn2C2CCCCC2)N1c1ccc2c(c1)OCO2. The van der Waals surface area contributed by atoms with Crippen molar-refractivity contribution in [3.8, 4) is 11.5 Å². The lowest BCUT2D eigenvalue weighted by molar-refractivity contribution is 0.174. The molecule has 0 radical (unpaired) electrons. The van der Waals surface area contributed by atoms with E-state index < -0.39 is 0 Å². The van der Waals surface area contributed by atoms with Gasteiger partial charge in [0.25, 0.3) is 0 Å². The number of benzene rings is 1. The molecule has 6 rings (SSSR count). The van der Waals surface area contributed by atoms with Crippen LogP contribution in [0, 0.1) is 0 Å². The van der Waals surface area contributed by atoms with Gasteiger partial charge in [0.15, 0.2) is 16.6 Å². The quantitative estimate of drug-likeness (QED) is 0.550. The Morgan fingerprint density at radius 2 is 1.84 bits per heavy atom. The Balaban J connectivity index is 1.46. The number of fused-ring (bicyclic) bond motifs is 1. The van der Waals surface area contributed by atoms with Crippen LogP contribution in [0.2, 0.25) is 0 Å². The Bertz CT molecular complexity index is 1130. The van der Waals surface area contributed by atoms with E-state index in [0.29, 0.717) is 11.2 Å². The highest BCUT2D eigenvalue weighted by Crippen LogP contribution is 2.45. The molecule has 1 N–H and O–H groups in total. The lowest BCUT2D eigenvalue weighted by Crippen LogP contribution is -2.31. The lowest BCUT2D eigenvalue weighted by atomic mass is 9.94. The third-order valence-corrected chi connectivity index (χ3v) is 7.13. The molecule has 3 aromatic rings. The molecule has 2 aromatic heterocycles. The molecule has 1 saturated heterocycles. The zero-order valence-corrected chi connectivity index (χ0v) is 18.6. The molecule has 0 spiro atoms. The van der Waals surface area contributed by atoms with Gasteiger partial charge in [-0.3, -0.25) is 4.98 Å². The number of thiocarbonyl (C=S) groups is 1. The average Bonchev–Trinajstić information content (AvgIpc) is 3.57. The van der Waals surface area contributed by atoms with Crippen LogP contribution >= 0.6 is 12.2 Å². The molecule has 6 nitrogen and oxygen atoms in total. The molecule has 1 aromatic carbocycles. The third kappa shape index (κ3) is 3.32. The Morgan fingerprint density at radius 3 is 2.69 bits per heavy atom. The molecule has 2 aliphatic heterocycles. The summed E-state index contributed by atoms with van der Waals surface area (Å²) < 4.78 is 13.7. The number of ether oxygens (including phenoxy) is 2. The molecular weight excluding hydrogens is 420 g/mol. The Morgan fingerprint density at radius 1 is 0.969 bits per heavy atom. The number of aromatic nitrogens is 2. The number of nitrogens with zero attached hydrogens (tertiary/aromatic N) is 3. The van der Waals surface area contributed by atoms with Crippen LogP contribution in [0.25, 0.3) is 0 Å². The van der Waals surface area contributed by atoms with E-state index in [1.165, 1.54) is 37.8 Å². The highest BCUT2D eigenvalue weighted by molar-refractivity contribution is 7.80. The smallest absolute Gasteiger partial charge is 0.231 e. The van der Waals surface area contributed by atoms with Crippen molar-refractivity contribution < 1.29 is 9.47 Å². The third-order valence-electron chi connectivity index (χ3n) is 6.82. The Hall–Kier alpha value is -3.06. The van der Waals surface area contributed by atoms with Gasteiger partial charge in [-0.25, -0.2) is 0 Å². The van der Waals surface area contributed by atoms with Crippen molar-refractivity contribution in [1.82, 2.24) is 14.9 Å². The van der Waals surface area contributed by atoms with Crippen molar-refractivity contribution in [3.05, 3.63) is 72.3 Å². The van der Waals surface area contributed by atoms with Crippen LogP contribution in [0.3, 0.4) is 0 Å². The summed E-state index contributed by atoms with van der Waals surface area (Å²) in [5, 5.41) is 4.26. The predicted octanol–water partition coefficient (Wildman–Crippen LogP) is 5.29. The molecule has 2 fully saturated rings. The molecule has 7 heteroatoms. The molecule has 0 unspecified atom stereocenters. The van der Waals surface area contributed by atoms with E-state index in [2.05, 4.69) is 50.2 Å².